The number of fused-ring (bicyclic) bond motifs is 1. The smallest absolute Gasteiger partial charge is 0.224 e. The molecule has 0 bridgehead atoms. The van der Waals surface area contributed by atoms with Gasteiger partial charge in [-0.05, 0) is 38.8 Å². The average Bonchev–Trinajstić information content (AvgIpc) is 2.36. The third-order valence-corrected chi connectivity index (χ3v) is 3.16. The number of rotatable bonds is 5. The largest absolute Gasteiger partial charge is 0.475 e. The summed E-state index contributed by atoms with van der Waals surface area (Å²) in [5.74, 6) is 0.794. The quantitative estimate of drug-likeness (QED) is 0.730. The molecule has 5 nitrogen and oxygen atoms in total. The number of amides is 1. The van der Waals surface area contributed by atoms with Crippen molar-refractivity contribution in [2.75, 3.05) is 5.32 Å². The molecular formula is C15H23ClN2O3. The normalized spacial score (nSPS) is 15.5. The lowest BCUT2D eigenvalue weighted by molar-refractivity contribution is -0.116. The van der Waals surface area contributed by atoms with Crippen LogP contribution < -0.4 is 15.4 Å². The highest BCUT2D eigenvalue weighted by atomic mass is 35.5. The van der Waals surface area contributed by atoms with Crippen LogP contribution in [0.5, 0.6) is 5.75 Å². The second-order valence-corrected chi connectivity index (χ2v) is 5.55. The highest BCUT2D eigenvalue weighted by Gasteiger charge is 2.22. The first-order valence-electron chi connectivity index (χ1n) is 6.97. The Morgan fingerprint density at radius 3 is 2.76 bits per heavy atom. The highest BCUT2D eigenvalue weighted by molar-refractivity contribution is 5.94. The van der Waals surface area contributed by atoms with Gasteiger partial charge in [0.1, 0.15) is 11.5 Å². The van der Waals surface area contributed by atoms with Gasteiger partial charge >= 0.3 is 0 Å². The van der Waals surface area contributed by atoms with E-state index >= 15 is 0 Å². The lowest BCUT2D eigenvalue weighted by Gasteiger charge is -2.29. The van der Waals surface area contributed by atoms with Crippen LogP contribution >= 0.6 is 12.4 Å². The fourth-order valence-corrected chi connectivity index (χ4v) is 2.26. The summed E-state index contributed by atoms with van der Waals surface area (Å²) in [5.41, 5.74) is 0.837. The van der Waals surface area contributed by atoms with E-state index in [-0.39, 0.29) is 24.5 Å². The molecule has 2 rings (SSSR count). The number of benzene rings is 1. The Labute approximate surface area is 131 Å². The van der Waals surface area contributed by atoms with Crippen molar-refractivity contribution in [3.63, 3.8) is 0 Å². The van der Waals surface area contributed by atoms with Crippen LogP contribution in [-0.4, -0.2) is 23.0 Å². The van der Waals surface area contributed by atoms with Crippen molar-refractivity contribution in [2.45, 2.75) is 52.0 Å². The van der Waals surface area contributed by atoms with E-state index < -0.39 is 5.72 Å². The van der Waals surface area contributed by atoms with E-state index in [2.05, 4.69) is 10.6 Å². The fraction of sp³-hybridized carbons (Fsp3) is 0.533. The molecule has 118 valence electrons. The van der Waals surface area contributed by atoms with Crippen LogP contribution in [0, 0.1) is 0 Å². The van der Waals surface area contributed by atoms with E-state index in [4.69, 9.17) is 4.74 Å². The molecule has 0 aromatic heterocycles. The summed E-state index contributed by atoms with van der Waals surface area (Å²) in [6.07, 6.45) is 1.60. The molecular weight excluding hydrogens is 292 g/mol. The first kappa shape index (κ1) is 17.8. The van der Waals surface area contributed by atoms with E-state index in [1.165, 1.54) is 0 Å². The summed E-state index contributed by atoms with van der Waals surface area (Å²) in [7, 11) is 0. The van der Waals surface area contributed by atoms with Crippen LogP contribution in [0.4, 0.5) is 5.69 Å². The Hall–Kier alpha value is -1.30. The molecule has 0 spiro atoms. The van der Waals surface area contributed by atoms with Gasteiger partial charge in [-0.3, -0.25) is 10.1 Å². The maximum Gasteiger partial charge on any atom is 0.224 e. The molecule has 1 heterocycles. The van der Waals surface area contributed by atoms with Crippen molar-refractivity contribution < 1.29 is 14.6 Å². The van der Waals surface area contributed by atoms with Crippen molar-refractivity contribution in [1.82, 2.24) is 5.32 Å². The molecule has 1 aliphatic rings. The van der Waals surface area contributed by atoms with E-state index in [0.29, 0.717) is 12.8 Å². The van der Waals surface area contributed by atoms with Gasteiger partial charge in [0, 0.05) is 17.7 Å². The number of carbonyl (C=O) groups is 1. The zero-order valence-electron chi connectivity index (χ0n) is 12.6. The summed E-state index contributed by atoms with van der Waals surface area (Å²) >= 11 is 0. The molecule has 1 aliphatic heterocycles. The first-order valence-corrected chi connectivity index (χ1v) is 6.97. The molecule has 3 N–H and O–H groups in total. The third kappa shape index (κ3) is 4.88. The molecule has 0 saturated carbocycles. The minimum atomic E-state index is -0.996. The number of aliphatic hydroxyl groups is 1. The standard InChI is InChI=1S/C15H22N2O3.ClH/c1-4-14(17-15(2,3)19)20-12-7-5-6-11-10(12)8-9-13(18)16-11;/h5-7,14,17,19H,4,8-9H2,1-3H3,(H,16,18);1H. The van der Waals surface area contributed by atoms with Crippen molar-refractivity contribution in [3.05, 3.63) is 23.8 Å². The summed E-state index contributed by atoms with van der Waals surface area (Å²) in [4.78, 5) is 11.4. The second kappa shape index (κ2) is 7.11. The molecule has 0 fully saturated rings. The van der Waals surface area contributed by atoms with Crippen LogP contribution in [0.1, 0.15) is 39.2 Å². The highest BCUT2D eigenvalue weighted by Crippen LogP contribution is 2.31. The Morgan fingerprint density at radius 1 is 1.43 bits per heavy atom. The molecule has 6 heteroatoms. The molecule has 0 saturated heterocycles. The van der Waals surface area contributed by atoms with Crippen LogP contribution in [0.2, 0.25) is 0 Å². The van der Waals surface area contributed by atoms with Crippen LogP contribution in [-0.2, 0) is 11.2 Å². The Balaban J connectivity index is 0.00000220. The molecule has 1 aromatic carbocycles. The maximum absolute atomic E-state index is 11.4. The minimum absolute atomic E-state index is 0. The predicted molar refractivity (Wildman–Crippen MR) is 84.8 cm³/mol. The van der Waals surface area contributed by atoms with Crippen LogP contribution in [0.25, 0.3) is 0 Å². The predicted octanol–water partition coefficient (Wildman–Crippen LogP) is 2.43. The van der Waals surface area contributed by atoms with Gasteiger partial charge in [-0.15, -0.1) is 12.4 Å². The summed E-state index contributed by atoms with van der Waals surface area (Å²) in [5, 5.41) is 15.7. The molecule has 21 heavy (non-hydrogen) atoms. The third-order valence-electron chi connectivity index (χ3n) is 3.16. The van der Waals surface area contributed by atoms with Gasteiger partial charge in [0.05, 0.1) is 0 Å². The first-order chi connectivity index (χ1) is 9.39. The van der Waals surface area contributed by atoms with Crippen LogP contribution in [0.15, 0.2) is 18.2 Å². The topological polar surface area (TPSA) is 70.6 Å². The van der Waals surface area contributed by atoms with Gasteiger partial charge in [-0.25, -0.2) is 0 Å². The van der Waals surface area contributed by atoms with Gasteiger partial charge in [-0.2, -0.15) is 0 Å². The number of nitrogens with one attached hydrogen (secondary N) is 2. The Kier molecular flexibility index (Phi) is 6.01. The van der Waals surface area contributed by atoms with Crippen molar-refractivity contribution >= 4 is 24.0 Å². The van der Waals surface area contributed by atoms with Gasteiger partial charge in [0.2, 0.25) is 5.91 Å². The number of halogens is 1. The van der Waals surface area contributed by atoms with Crippen LogP contribution in [0.3, 0.4) is 0 Å². The lowest BCUT2D eigenvalue weighted by atomic mass is 10.0. The number of anilines is 1. The molecule has 1 atom stereocenters. The van der Waals surface area contributed by atoms with Crippen molar-refractivity contribution in [1.29, 1.82) is 0 Å². The number of carbonyl (C=O) groups excluding carboxylic acids is 1. The van der Waals surface area contributed by atoms with E-state index in [1.54, 1.807) is 13.8 Å². The van der Waals surface area contributed by atoms with Gasteiger partial charge < -0.3 is 15.2 Å². The zero-order chi connectivity index (χ0) is 14.8. The lowest BCUT2D eigenvalue weighted by Crippen LogP contribution is -2.48. The van der Waals surface area contributed by atoms with E-state index in [0.717, 1.165) is 23.4 Å². The zero-order valence-corrected chi connectivity index (χ0v) is 13.4. The number of ether oxygens (including phenoxy) is 1. The van der Waals surface area contributed by atoms with E-state index in [1.807, 2.05) is 25.1 Å². The molecule has 1 unspecified atom stereocenters. The molecule has 1 aromatic rings. The molecule has 0 aliphatic carbocycles. The molecule has 0 radical (unpaired) electrons. The van der Waals surface area contributed by atoms with E-state index in [9.17, 15) is 9.90 Å². The summed E-state index contributed by atoms with van der Waals surface area (Å²) in [6, 6.07) is 5.63. The summed E-state index contributed by atoms with van der Waals surface area (Å²) in [6.45, 7) is 5.35. The SMILES string of the molecule is CCC(NC(C)(C)O)Oc1cccc2c1CCC(=O)N2.Cl. The second-order valence-electron chi connectivity index (χ2n) is 5.55. The van der Waals surface area contributed by atoms with Gasteiger partial charge in [-0.1, -0.05) is 13.0 Å². The van der Waals surface area contributed by atoms with Gasteiger partial charge in [0.25, 0.3) is 0 Å². The van der Waals surface area contributed by atoms with Gasteiger partial charge in [0.15, 0.2) is 6.23 Å². The summed E-state index contributed by atoms with van der Waals surface area (Å²) < 4.78 is 5.95. The fourth-order valence-electron chi connectivity index (χ4n) is 2.26. The number of hydrogen-bond donors (Lipinski definition) is 3. The van der Waals surface area contributed by atoms with Crippen molar-refractivity contribution in [3.8, 4) is 5.75 Å². The Bertz CT molecular complexity index is 500. The Morgan fingerprint density at radius 2 is 2.14 bits per heavy atom. The molecule has 1 amide bonds. The average molecular weight is 315 g/mol. The maximum atomic E-state index is 11.4. The minimum Gasteiger partial charge on any atom is -0.475 e. The monoisotopic (exact) mass is 314 g/mol. The number of hydrogen-bond acceptors (Lipinski definition) is 4. The van der Waals surface area contributed by atoms with Crippen molar-refractivity contribution in [2.24, 2.45) is 0 Å².